The number of nitrogens with two attached hydrogens (primary N) is 1. The predicted octanol–water partition coefficient (Wildman–Crippen LogP) is -2.77. The number of anilines is 1. The van der Waals surface area contributed by atoms with Crippen molar-refractivity contribution in [1.82, 2.24) is 25.1 Å². The first kappa shape index (κ1) is 14.1. The van der Waals surface area contributed by atoms with Crippen LogP contribution < -0.4 is 16.8 Å². The van der Waals surface area contributed by atoms with E-state index in [1.54, 1.807) is 0 Å². The fraction of sp³-hybridized carbons (Fsp3) is 0.500. The molecule has 0 unspecified atom stereocenters. The Kier molecular flexibility index (Phi) is 3.67. The molecule has 11 heteroatoms. The minimum absolute atomic E-state index is 0.355. The summed E-state index contributed by atoms with van der Waals surface area (Å²) in [6, 6.07) is 0. The molecule has 7 N–H and O–H groups in total. The molecule has 0 radical (unpaired) electrons. The van der Waals surface area contributed by atoms with Gasteiger partial charge in [0.05, 0.1) is 12.9 Å². The summed E-state index contributed by atoms with van der Waals surface area (Å²) in [7, 11) is 0. The van der Waals surface area contributed by atoms with E-state index in [4.69, 9.17) is 15.7 Å². The van der Waals surface area contributed by atoms with Gasteiger partial charge in [-0.25, -0.2) is 15.0 Å². The largest absolute Gasteiger partial charge is 0.394 e. The van der Waals surface area contributed by atoms with Gasteiger partial charge in [0, 0.05) is 0 Å². The van der Waals surface area contributed by atoms with Crippen LogP contribution in [-0.4, -0.2) is 59.8 Å². The third-order valence-corrected chi connectivity index (χ3v) is 3.34. The van der Waals surface area contributed by atoms with E-state index < -0.39 is 31.1 Å². The number of hydrogen-bond donors (Lipinski definition) is 6. The molecular weight excluding hydrogens is 282 g/mol. The molecule has 3 rings (SSSR count). The Balaban J connectivity index is 2.00. The number of ether oxygens (including phenoxy) is 1. The van der Waals surface area contributed by atoms with Crippen molar-refractivity contribution in [2.24, 2.45) is 5.84 Å². The number of hydrazine groups is 2. The maximum atomic E-state index is 10.0. The predicted molar refractivity (Wildman–Crippen MR) is 69.3 cm³/mol. The number of nitrogens with one attached hydrogen (secondary N) is 2. The zero-order valence-electron chi connectivity index (χ0n) is 10.8. The molecule has 0 bridgehead atoms. The molecule has 11 nitrogen and oxygen atoms in total. The second-order valence-electron chi connectivity index (χ2n) is 4.54. The number of aromatic nitrogens is 4. The number of rotatable bonds is 4. The van der Waals surface area contributed by atoms with Gasteiger partial charge in [-0.2, -0.15) is 5.53 Å². The van der Waals surface area contributed by atoms with Gasteiger partial charge in [-0.3, -0.25) is 15.8 Å². The normalized spacial score (nSPS) is 29.1. The Bertz CT molecular complexity index is 635. The Hall–Kier alpha value is -1.89. The molecule has 0 saturated carbocycles. The first-order chi connectivity index (χ1) is 10.2. The van der Waals surface area contributed by atoms with Crippen molar-refractivity contribution in [1.29, 1.82) is 0 Å². The highest BCUT2D eigenvalue weighted by atomic mass is 16.6. The highest BCUT2D eigenvalue weighted by Crippen LogP contribution is 2.31. The lowest BCUT2D eigenvalue weighted by molar-refractivity contribution is -0.0511. The van der Waals surface area contributed by atoms with E-state index in [9.17, 15) is 10.2 Å². The van der Waals surface area contributed by atoms with Gasteiger partial charge in [0.1, 0.15) is 24.6 Å². The number of aliphatic hydroxyl groups excluding tert-OH is 3. The summed E-state index contributed by atoms with van der Waals surface area (Å²) in [5.41, 5.74) is 5.64. The van der Waals surface area contributed by atoms with Gasteiger partial charge in [-0.15, -0.1) is 0 Å². The van der Waals surface area contributed by atoms with E-state index >= 15 is 0 Å². The molecule has 1 aliphatic rings. The summed E-state index contributed by atoms with van der Waals surface area (Å²) in [5, 5.41) is 29.0. The highest BCUT2D eigenvalue weighted by Gasteiger charge is 2.43. The first-order valence-electron chi connectivity index (χ1n) is 6.19. The van der Waals surface area contributed by atoms with Gasteiger partial charge < -0.3 is 20.1 Å². The van der Waals surface area contributed by atoms with Crippen LogP contribution in [0.5, 0.6) is 0 Å². The smallest absolute Gasteiger partial charge is 0.172 e. The average molecular weight is 297 g/mol. The van der Waals surface area contributed by atoms with Crippen LogP contribution in [0.4, 0.5) is 5.82 Å². The Labute approximate surface area is 118 Å². The molecule has 21 heavy (non-hydrogen) atoms. The van der Waals surface area contributed by atoms with Crippen LogP contribution in [-0.2, 0) is 4.74 Å². The molecule has 114 valence electrons. The second kappa shape index (κ2) is 5.48. The SMILES string of the molecule is NNNc1ncnc2c1ncn2[C@@H]1O[C@H](CO)[C@@H](O)[C@H]1O. The summed E-state index contributed by atoms with van der Waals surface area (Å²) < 4.78 is 6.90. The summed E-state index contributed by atoms with van der Waals surface area (Å²) in [4.78, 5) is 12.2. The molecule has 0 aliphatic carbocycles. The highest BCUT2D eigenvalue weighted by molar-refractivity contribution is 5.82. The number of imidazole rings is 1. The molecule has 1 fully saturated rings. The van der Waals surface area contributed by atoms with Gasteiger partial charge in [0.25, 0.3) is 0 Å². The zero-order chi connectivity index (χ0) is 15.0. The van der Waals surface area contributed by atoms with Crippen LogP contribution in [0.3, 0.4) is 0 Å². The molecule has 3 heterocycles. The van der Waals surface area contributed by atoms with Crippen molar-refractivity contribution in [3.63, 3.8) is 0 Å². The van der Waals surface area contributed by atoms with Gasteiger partial charge >= 0.3 is 0 Å². The monoisotopic (exact) mass is 297 g/mol. The summed E-state index contributed by atoms with van der Waals surface area (Å²) in [6.07, 6.45) is -1.48. The number of hydrogen-bond acceptors (Lipinski definition) is 10. The number of fused-ring (bicyclic) bond motifs is 1. The molecular formula is C10H15N7O4. The van der Waals surface area contributed by atoms with Crippen LogP contribution in [0.1, 0.15) is 6.23 Å². The summed E-state index contributed by atoms with van der Waals surface area (Å²) >= 11 is 0. The van der Waals surface area contributed by atoms with E-state index in [0.717, 1.165) is 0 Å². The minimum Gasteiger partial charge on any atom is -0.394 e. The molecule has 0 amide bonds. The Morgan fingerprint density at radius 3 is 2.76 bits per heavy atom. The molecule has 2 aromatic rings. The summed E-state index contributed by atoms with van der Waals surface area (Å²) in [5.74, 6) is 5.53. The number of aliphatic hydroxyl groups is 3. The maximum absolute atomic E-state index is 10.0. The standard InChI is InChI=1S/C10H15N7O4/c11-16-15-8-5-9(13-2-12-8)17(3-14-5)10-7(20)6(19)4(1-18)21-10/h2-4,6-7,10,16,18-20H,1,11H2,(H,12,13,15)/t4-,6-,7-,10-/m1/s1. The summed E-state index contributed by atoms with van der Waals surface area (Å²) in [6.45, 7) is -0.403. The van der Waals surface area contributed by atoms with Gasteiger partial charge in [-0.05, 0) is 0 Å². The molecule has 4 atom stereocenters. The molecule has 1 aliphatic heterocycles. The lowest BCUT2D eigenvalue weighted by atomic mass is 10.1. The lowest BCUT2D eigenvalue weighted by Crippen LogP contribution is -2.33. The Morgan fingerprint density at radius 2 is 2.10 bits per heavy atom. The van der Waals surface area contributed by atoms with Crippen LogP contribution in [0.15, 0.2) is 12.7 Å². The van der Waals surface area contributed by atoms with E-state index in [0.29, 0.717) is 17.0 Å². The number of nitrogens with zero attached hydrogens (tertiary/aromatic N) is 4. The fourth-order valence-corrected chi connectivity index (χ4v) is 2.31. The third-order valence-electron chi connectivity index (χ3n) is 3.34. The quantitative estimate of drug-likeness (QED) is 0.257. The molecule has 2 aromatic heterocycles. The second-order valence-corrected chi connectivity index (χ2v) is 4.54. The van der Waals surface area contributed by atoms with Crippen molar-refractivity contribution in [2.75, 3.05) is 12.0 Å². The van der Waals surface area contributed by atoms with Crippen molar-refractivity contribution in [2.45, 2.75) is 24.5 Å². The minimum atomic E-state index is -1.21. The van der Waals surface area contributed by atoms with Crippen molar-refractivity contribution in [3.05, 3.63) is 12.7 Å². The van der Waals surface area contributed by atoms with Gasteiger partial charge in [0.15, 0.2) is 23.2 Å². The van der Waals surface area contributed by atoms with Crippen molar-refractivity contribution >= 4 is 17.0 Å². The molecule has 0 aromatic carbocycles. The zero-order valence-corrected chi connectivity index (χ0v) is 10.8. The van der Waals surface area contributed by atoms with Crippen molar-refractivity contribution in [3.8, 4) is 0 Å². The van der Waals surface area contributed by atoms with Gasteiger partial charge in [-0.1, -0.05) is 0 Å². The Morgan fingerprint density at radius 1 is 1.29 bits per heavy atom. The average Bonchev–Trinajstić information content (AvgIpc) is 3.03. The van der Waals surface area contributed by atoms with E-state index in [-0.39, 0.29) is 0 Å². The van der Waals surface area contributed by atoms with E-state index in [2.05, 4.69) is 25.9 Å². The molecule has 1 saturated heterocycles. The lowest BCUT2D eigenvalue weighted by Gasteiger charge is -2.16. The van der Waals surface area contributed by atoms with Crippen LogP contribution in [0.25, 0.3) is 11.2 Å². The maximum Gasteiger partial charge on any atom is 0.172 e. The topological polar surface area (TPSA) is 164 Å². The van der Waals surface area contributed by atoms with E-state index in [1.807, 2.05) is 0 Å². The third kappa shape index (κ3) is 2.21. The fourth-order valence-electron chi connectivity index (χ4n) is 2.31. The van der Waals surface area contributed by atoms with Crippen LogP contribution in [0, 0.1) is 0 Å². The van der Waals surface area contributed by atoms with E-state index in [1.165, 1.54) is 17.2 Å². The first-order valence-corrected chi connectivity index (χ1v) is 6.19. The van der Waals surface area contributed by atoms with Crippen LogP contribution in [0.2, 0.25) is 0 Å². The van der Waals surface area contributed by atoms with Crippen LogP contribution >= 0.6 is 0 Å². The molecule has 0 spiro atoms. The van der Waals surface area contributed by atoms with Gasteiger partial charge in [0.2, 0.25) is 0 Å². The van der Waals surface area contributed by atoms with Crippen molar-refractivity contribution < 1.29 is 20.1 Å².